The Balaban J connectivity index is 2.22. The highest BCUT2D eigenvalue weighted by Crippen LogP contribution is 2.26. The highest BCUT2D eigenvalue weighted by atomic mass is 35.5. The molecule has 3 heteroatoms. The monoisotopic (exact) mass is 293 g/mol. The Morgan fingerprint density at radius 3 is 2.42 bits per heavy atom. The van der Waals surface area contributed by atoms with E-state index in [9.17, 15) is 0 Å². The SMILES string of the molecule is Cc1ccc(C)c(C(N)Cc2ccc(Cl)c(Cl)c2)c1. The summed E-state index contributed by atoms with van der Waals surface area (Å²) in [6.07, 6.45) is 0.751. The van der Waals surface area contributed by atoms with Crippen molar-refractivity contribution in [3.05, 3.63) is 68.7 Å². The van der Waals surface area contributed by atoms with Crippen molar-refractivity contribution in [3.8, 4) is 0 Å². The maximum atomic E-state index is 6.31. The zero-order valence-electron chi connectivity index (χ0n) is 11.1. The molecule has 0 bridgehead atoms. The molecule has 0 aromatic heterocycles. The fourth-order valence-electron chi connectivity index (χ4n) is 2.19. The zero-order valence-corrected chi connectivity index (χ0v) is 12.6. The minimum Gasteiger partial charge on any atom is -0.324 e. The minimum absolute atomic E-state index is 0.0304. The van der Waals surface area contributed by atoms with Crippen molar-refractivity contribution in [1.29, 1.82) is 0 Å². The predicted octanol–water partition coefficient (Wildman–Crippen LogP) is 4.85. The quantitative estimate of drug-likeness (QED) is 0.860. The Kier molecular flexibility index (Phi) is 4.51. The van der Waals surface area contributed by atoms with E-state index < -0.39 is 0 Å². The summed E-state index contributed by atoms with van der Waals surface area (Å²) < 4.78 is 0. The lowest BCUT2D eigenvalue weighted by Crippen LogP contribution is -2.14. The number of hydrogen-bond acceptors (Lipinski definition) is 1. The summed E-state index contributed by atoms with van der Waals surface area (Å²) in [5.41, 5.74) is 11.0. The molecule has 0 spiro atoms. The van der Waals surface area contributed by atoms with Gasteiger partial charge in [-0.15, -0.1) is 0 Å². The molecule has 0 aliphatic rings. The fourth-order valence-corrected chi connectivity index (χ4v) is 2.51. The van der Waals surface area contributed by atoms with Crippen LogP contribution in [0.25, 0.3) is 0 Å². The van der Waals surface area contributed by atoms with Crippen molar-refractivity contribution in [3.63, 3.8) is 0 Å². The molecule has 2 aromatic carbocycles. The van der Waals surface area contributed by atoms with Crippen LogP contribution in [0.1, 0.15) is 28.3 Å². The van der Waals surface area contributed by atoms with Crippen molar-refractivity contribution in [2.24, 2.45) is 5.73 Å². The Bertz CT molecular complexity index is 593. The highest BCUT2D eigenvalue weighted by Gasteiger charge is 2.11. The Morgan fingerprint density at radius 2 is 1.74 bits per heavy atom. The number of aryl methyl sites for hydroxylation is 2. The molecular weight excluding hydrogens is 277 g/mol. The van der Waals surface area contributed by atoms with Crippen LogP contribution in [-0.4, -0.2) is 0 Å². The van der Waals surface area contributed by atoms with E-state index in [1.54, 1.807) is 0 Å². The highest BCUT2D eigenvalue weighted by molar-refractivity contribution is 6.42. The Hall–Kier alpha value is -1.02. The number of halogens is 2. The van der Waals surface area contributed by atoms with Crippen LogP contribution in [0.15, 0.2) is 36.4 Å². The normalized spacial score (nSPS) is 12.5. The summed E-state index contributed by atoms with van der Waals surface area (Å²) >= 11 is 11.9. The van der Waals surface area contributed by atoms with Crippen molar-refractivity contribution < 1.29 is 0 Å². The van der Waals surface area contributed by atoms with Crippen LogP contribution in [0.3, 0.4) is 0 Å². The summed E-state index contributed by atoms with van der Waals surface area (Å²) in [7, 11) is 0. The lowest BCUT2D eigenvalue weighted by atomic mass is 9.95. The van der Waals surface area contributed by atoms with Crippen LogP contribution < -0.4 is 5.73 Å². The van der Waals surface area contributed by atoms with Gasteiger partial charge in [0, 0.05) is 6.04 Å². The van der Waals surface area contributed by atoms with E-state index in [0.717, 1.165) is 12.0 Å². The molecule has 19 heavy (non-hydrogen) atoms. The van der Waals surface area contributed by atoms with Crippen molar-refractivity contribution >= 4 is 23.2 Å². The molecule has 0 aliphatic heterocycles. The van der Waals surface area contributed by atoms with E-state index in [-0.39, 0.29) is 6.04 Å². The summed E-state index contributed by atoms with van der Waals surface area (Å²) in [5, 5.41) is 1.15. The molecule has 0 fully saturated rings. The first-order valence-corrected chi connectivity index (χ1v) is 6.99. The molecule has 0 radical (unpaired) electrons. The smallest absolute Gasteiger partial charge is 0.0595 e. The first kappa shape index (κ1) is 14.4. The van der Waals surface area contributed by atoms with Gasteiger partial charge in [-0.05, 0) is 49.1 Å². The number of benzene rings is 2. The maximum absolute atomic E-state index is 6.31. The van der Waals surface area contributed by atoms with Gasteiger partial charge >= 0.3 is 0 Å². The van der Waals surface area contributed by atoms with Gasteiger partial charge in [0.1, 0.15) is 0 Å². The van der Waals surface area contributed by atoms with Gasteiger partial charge in [0.25, 0.3) is 0 Å². The van der Waals surface area contributed by atoms with E-state index in [1.165, 1.54) is 16.7 Å². The molecule has 1 nitrogen and oxygen atoms in total. The van der Waals surface area contributed by atoms with Crippen molar-refractivity contribution in [1.82, 2.24) is 0 Å². The first-order chi connectivity index (χ1) is 8.97. The van der Waals surface area contributed by atoms with Gasteiger partial charge in [-0.25, -0.2) is 0 Å². The fraction of sp³-hybridized carbons (Fsp3) is 0.250. The van der Waals surface area contributed by atoms with Gasteiger partial charge in [-0.1, -0.05) is 53.0 Å². The lowest BCUT2D eigenvalue weighted by molar-refractivity contribution is 0.716. The largest absolute Gasteiger partial charge is 0.324 e. The van der Waals surface area contributed by atoms with Gasteiger partial charge in [0.15, 0.2) is 0 Å². The third-order valence-electron chi connectivity index (χ3n) is 3.27. The first-order valence-electron chi connectivity index (χ1n) is 6.24. The molecule has 1 atom stereocenters. The van der Waals surface area contributed by atoms with Crippen LogP contribution in [0.2, 0.25) is 10.0 Å². The summed E-state index contributed by atoms with van der Waals surface area (Å²) in [6.45, 7) is 4.16. The third-order valence-corrected chi connectivity index (χ3v) is 4.01. The van der Waals surface area contributed by atoms with Gasteiger partial charge < -0.3 is 5.73 Å². The zero-order chi connectivity index (χ0) is 14.0. The molecule has 0 heterocycles. The molecule has 2 aromatic rings. The number of rotatable bonds is 3. The van der Waals surface area contributed by atoms with Gasteiger partial charge in [-0.3, -0.25) is 0 Å². The van der Waals surface area contributed by atoms with Gasteiger partial charge in [0.2, 0.25) is 0 Å². The third kappa shape index (κ3) is 3.50. The molecule has 0 saturated heterocycles. The van der Waals surface area contributed by atoms with E-state index in [0.29, 0.717) is 10.0 Å². The predicted molar refractivity (Wildman–Crippen MR) is 83.0 cm³/mol. The van der Waals surface area contributed by atoms with Crippen LogP contribution in [0.5, 0.6) is 0 Å². The topological polar surface area (TPSA) is 26.0 Å². The summed E-state index contributed by atoms with van der Waals surface area (Å²) in [4.78, 5) is 0. The van der Waals surface area contributed by atoms with Gasteiger partial charge in [-0.2, -0.15) is 0 Å². The Labute approximate surface area is 124 Å². The van der Waals surface area contributed by atoms with E-state index >= 15 is 0 Å². The van der Waals surface area contributed by atoms with Crippen LogP contribution >= 0.6 is 23.2 Å². The van der Waals surface area contributed by atoms with Crippen LogP contribution in [-0.2, 0) is 6.42 Å². The second kappa shape index (κ2) is 5.96. The average molecular weight is 294 g/mol. The van der Waals surface area contributed by atoms with E-state index in [4.69, 9.17) is 28.9 Å². The molecule has 0 amide bonds. The van der Waals surface area contributed by atoms with Crippen molar-refractivity contribution in [2.75, 3.05) is 0 Å². The lowest BCUT2D eigenvalue weighted by Gasteiger charge is -2.16. The summed E-state index contributed by atoms with van der Waals surface area (Å²) in [6, 6.07) is 12.0. The molecule has 100 valence electrons. The summed E-state index contributed by atoms with van der Waals surface area (Å²) in [5.74, 6) is 0. The van der Waals surface area contributed by atoms with E-state index in [2.05, 4.69) is 32.0 Å². The second-order valence-corrected chi connectivity index (χ2v) is 5.73. The molecule has 0 aliphatic carbocycles. The van der Waals surface area contributed by atoms with Crippen molar-refractivity contribution in [2.45, 2.75) is 26.3 Å². The van der Waals surface area contributed by atoms with E-state index in [1.807, 2.05) is 18.2 Å². The molecule has 2 rings (SSSR count). The van der Waals surface area contributed by atoms with Crippen LogP contribution in [0, 0.1) is 13.8 Å². The Morgan fingerprint density at radius 1 is 1.00 bits per heavy atom. The standard InChI is InChI=1S/C16H17Cl2N/c1-10-3-4-11(2)13(7-10)16(19)9-12-5-6-14(17)15(18)8-12/h3-8,16H,9,19H2,1-2H3. The molecule has 1 unspecified atom stereocenters. The second-order valence-electron chi connectivity index (χ2n) is 4.92. The number of nitrogens with two attached hydrogens (primary N) is 1. The van der Waals surface area contributed by atoms with Crippen LogP contribution in [0.4, 0.5) is 0 Å². The maximum Gasteiger partial charge on any atom is 0.0595 e. The number of hydrogen-bond donors (Lipinski definition) is 1. The minimum atomic E-state index is -0.0304. The van der Waals surface area contributed by atoms with Gasteiger partial charge in [0.05, 0.1) is 10.0 Å². The molecule has 0 saturated carbocycles. The molecular formula is C16H17Cl2N. The molecule has 2 N–H and O–H groups in total. The average Bonchev–Trinajstić information content (AvgIpc) is 2.36.